The minimum absolute atomic E-state index is 0.103. The Bertz CT molecular complexity index is 777. The number of imide groups is 1. The molecule has 0 aliphatic carbocycles. The molecular formula is C19H18ClFN2O2. The maximum atomic E-state index is 13.9. The molecule has 0 bridgehead atoms. The number of rotatable bonds is 5. The van der Waals surface area contributed by atoms with Crippen LogP contribution in [0.5, 0.6) is 0 Å². The van der Waals surface area contributed by atoms with E-state index in [1.165, 1.54) is 11.0 Å². The van der Waals surface area contributed by atoms with Crippen LogP contribution in [0.3, 0.4) is 0 Å². The largest absolute Gasteiger partial charge is 0.284 e. The molecule has 1 heterocycles. The first-order valence-electron chi connectivity index (χ1n) is 7.98. The molecule has 1 saturated heterocycles. The van der Waals surface area contributed by atoms with Crippen LogP contribution >= 0.6 is 11.6 Å². The number of nitrogens with zero attached hydrogens (tertiary/aromatic N) is 2. The van der Waals surface area contributed by atoms with Crippen molar-refractivity contribution in [3.63, 3.8) is 0 Å². The van der Waals surface area contributed by atoms with Gasteiger partial charge in [0.15, 0.2) is 0 Å². The van der Waals surface area contributed by atoms with E-state index in [0.717, 1.165) is 5.56 Å². The summed E-state index contributed by atoms with van der Waals surface area (Å²) in [4.78, 5) is 27.8. The molecule has 2 amide bonds. The van der Waals surface area contributed by atoms with Crippen LogP contribution in [0.25, 0.3) is 0 Å². The van der Waals surface area contributed by atoms with E-state index in [1.807, 2.05) is 30.3 Å². The average molecular weight is 361 g/mol. The van der Waals surface area contributed by atoms with Gasteiger partial charge < -0.3 is 0 Å². The predicted molar refractivity (Wildman–Crippen MR) is 93.4 cm³/mol. The molecule has 0 spiro atoms. The van der Waals surface area contributed by atoms with E-state index in [4.69, 9.17) is 11.6 Å². The smallest absolute Gasteiger partial charge is 0.238 e. The van der Waals surface area contributed by atoms with Gasteiger partial charge in [-0.25, -0.2) is 4.39 Å². The van der Waals surface area contributed by atoms with Crippen molar-refractivity contribution < 1.29 is 14.0 Å². The SMILES string of the molecule is CN(Cc1c(F)cccc1Cl)CN1C(=O)C[C@@H](c2ccccc2)C1=O. The molecule has 1 aliphatic heterocycles. The molecule has 0 saturated carbocycles. The summed E-state index contributed by atoms with van der Waals surface area (Å²) in [7, 11) is 1.72. The number of hydrogen-bond acceptors (Lipinski definition) is 3. The monoisotopic (exact) mass is 360 g/mol. The van der Waals surface area contributed by atoms with E-state index in [-0.39, 0.29) is 31.4 Å². The second kappa shape index (κ2) is 7.33. The van der Waals surface area contributed by atoms with Crippen LogP contribution < -0.4 is 0 Å². The highest BCUT2D eigenvalue weighted by molar-refractivity contribution is 6.31. The summed E-state index contributed by atoms with van der Waals surface area (Å²) in [5.74, 6) is -1.28. The lowest BCUT2D eigenvalue weighted by Crippen LogP contribution is -2.39. The van der Waals surface area contributed by atoms with Crippen molar-refractivity contribution in [2.24, 2.45) is 0 Å². The Labute approximate surface area is 150 Å². The van der Waals surface area contributed by atoms with Crippen LogP contribution in [-0.2, 0) is 16.1 Å². The lowest BCUT2D eigenvalue weighted by atomic mass is 9.98. The summed E-state index contributed by atoms with van der Waals surface area (Å²) >= 11 is 6.04. The minimum Gasteiger partial charge on any atom is -0.284 e. The summed E-state index contributed by atoms with van der Waals surface area (Å²) < 4.78 is 13.9. The summed E-state index contributed by atoms with van der Waals surface area (Å²) in [6.07, 6.45) is 0.164. The minimum atomic E-state index is -0.445. The normalized spacial score (nSPS) is 17.6. The second-order valence-corrected chi connectivity index (χ2v) is 6.59. The van der Waals surface area contributed by atoms with Crippen LogP contribution in [-0.4, -0.2) is 35.3 Å². The fraction of sp³-hybridized carbons (Fsp3) is 0.263. The lowest BCUT2D eigenvalue weighted by molar-refractivity contribution is -0.141. The zero-order valence-corrected chi connectivity index (χ0v) is 14.5. The molecule has 0 N–H and O–H groups in total. The van der Waals surface area contributed by atoms with Crippen molar-refractivity contribution in [2.45, 2.75) is 18.9 Å². The highest BCUT2D eigenvalue weighted by Gasteiger charge is 2.39. The molecular weight excluding hydrogens is 343 g/mol. The molecule has 6 heteroatoms. The van der Waals surface area contributed by atoms with Crippen molar-refractivity contribution in [1.29, 1.82) is 0 Å². The third-order valence-corrected chi connectivity index (χ3v) is 4.67. The van der Waals surface area contributed by atoms with E-state index < -0.39 is 11.7 Å². The van der Waals surface area contributed by atoms with Gasteiger partial charge in [0, 0.05) is 23.6 Å². The fourth-order valence-corrected chi connectivity index (χ4v) is 3.24. The van der Waals surface area contributed by atoms with Gasteiger partial charge in [0.2, 0.25) is 11.8 Å². The number of likely N-dealkylation sites (tertiary alicyclic amines) is 1. The summed E-state index contributed by atoms with van der Waals surface area (Å²) in [6.45, 7) is 0.310. The number of benzene rings is 2. The first kappa shape index (κ1) is 17.6. The molecule has 1 atom stereocenters. The van der Waals surface area contributed by atoms with E-state index in [1.54, 1.807) is 24.1 Å². The molecule has 25 heavy (non-hydrogen) atoms. The number of amides is 2. The standard InChI is InChI=1S/C19H18ClFN2O2/c1-22(11-15-16(20)8-5-9-17(15)21)12-23-18(24)10-14(19(23)25)13-6-3-2-4-7-13/h2-9,14H,10-12H2,1H3/t14-/m0/s1. The maximum absolute atomic E-state index is 13.9. The Balaban J connectivity index is 1.70. The molecule has 0 unspecified atom stereocenters. The number of carbonyl (C=O) groups is 2. The van der Waals surface area contributed by atoms with Gasteiger partial charge in [-0.3, -0.25) is 19.4 Å². The lowest BCUT2D eigenvalue weighted by Gasteiger charge is -2.24. The van der Waals surface area contributed by atoms with Gasteiger partial charge in [0.1, 0.15) is 5.82 Å². The van der Waals surface area contributed by atoms with E-state index >= 15 is 0 Å². The quantitative estimate of drug-likeness (QED) is 0.767. The van der Waals surface area contributed by atoms with Crippen LogP contribution in [0.15, 0.2) is 48.5 Å². The Kier molecular flexibility index (Phi) is 5.16. The highest BCUT2D eigenvalue weighted by atomic mass is 35.5. The Morgan fingerprint density at radius 2 is 1.88 bits per heavy atom. The zero-order chi connectivity index (χ0) is 18.0. The summed E-state index contributed by atoms with van der Waals surface area (Å²) in [5.41, 5.74) is 1.19. The van der Waals surface area contributed by atoms with Gasteiger partial charge >= 0.3 is 0 Å². The maximum Gasteiger partial charge on any atom is 0.238 e. The summed E-state index contributed by atoms with van der Waals surface area (Å²) in [6, 6.07) is 13.8. The highest BCUT2D eigenvalue weighted by Crippen LogP contribution is 2.29. The fourth-order valence-electron chi connectivity index (χ4n) is 3.02. The van der Waals surface area contributed by atoms with E-state index in [9.17, 15) is 14.0 Å². The molecule has 0 radical (unpaired) electrons. The van der Waals surface area contributed by atoms with Crippen molar-refractivity contribution in [3.8, 4) is 0 Å². The van der Waals surface area contributed by atoms with Crippen LogP contribution in [0.1, 0.15) is 23.5 Å². The molecule has 2 aromatic rings. The van der Waals surface area contributed by atoms with Crippen molar-refractivity contribution >= 4 is 23.4 Å². The Hall–Kier alpha value is -2.24. The van der Waals surface area contributed by atoms with E-state index in [0.29, 0.717) is 10.6 Å². The molecule has 2 aromatic carbocycles. The van der Waals surface area contributed by atoms with Crippen LogP contribution in [0.4, 0.5) is 4.39 Å². The Morgan fingerprint density at radius 1 is 1.16 bits per heavy atom. The molecule has 0 aromatic heterocycles. The second-order valence-electron chi connectivity index (χ2n) is 6.18. The molecule has 1 fully saturated rings. The van der Waals surface area contributed by atoms with Crippen molar-refractivity contribution in [2.75, 3.05) is 13.7 Å². The van der Waals surface area contributed by atoms with Gasteiger partial charge in [-0.1, -0.05) is 48.0 Å². The molecule has 4 nitrogen and oxygen atoms in total. The van der Waals surface area contributed by atoms with Crippen molar-refractivity contribution in [1.82, 2.24) is 9.80 Å². The third kappa shape index (κ3) is 3.72. The number of halogens is 2. The Morgan fingerprint density at radius 3 is 2.56 bits per heavy atom. The summed E-state index contributed by atoms with van der Waals surface area (Å²) in [5, 5.41) is 0.327. The van der Waals surface area contributed by atoms with Crippen molar-refractivity contribution in [3.05, 3.63) is 70.5 Å². The van der Waals surface area contributed by atoms with Gasteiger partial charge in [0.25, 0.3) is 0 Å². The zero-order valence-electron chi connectivity index (χ0n) is 13.8. The predicted octanol–water partition coefficient (Wildman–Crippen LogP) is 3.41. The van der Waals surface area contributed by atoms with Gasteiger partial charge in [0.05, 0.1) is 12.6 Å². The van der Waals surface area contributed by atoms with Gasteiger partial charge in [-0.2, -0.15) is 0 Å². The number of hydrogen-bond donors (Lipinski definition) is 0. The van der Waals surface area contributed by atoms with Gasteiger partial charge in [-0.15, -0.1) is 0 Å². The number of carbonyl (C=O) groups excluding carboxylic acids is 2. The first-order chi connectivity index (χ1) is 12.0. The average Bonchev–Trinajstić information content (AvgIpc) is 2.87. The van der Waals surface area contributed by atoms with Crippen LogP contribution in [0.2, 0.25) is 5.02 Å². The topological polar surface area (TPSA) is 40.6 Å². The third-order valence-electron chi connectivity index (χ3n) is 4.32. The molecule has 3 rings (SSSR count). The van der Waals surface area contributed by atoms with Gasteiger partial charge in [-0.05, 0) is 24.7 Å². The van der Waals surface area contributed by atoms with E-state index in [2.05, 4.69) is 0 Å². The molecule has 1 aliphatic rings. The van der Waals surface area contributed by atoms with Crippen LogP contribution in [0, 0.1) is 5.82 Å². The first-order valence-corrected chi connectivity index (χ1v) is 8.35. The molecule has 130 valence electrons.